The van der Waals surface area contributed by atoms with E-state index in [2.05, 4.69) is 24.3 Å². The highest BCUT2D eigenvalue weighted by Gasteiger charge is 2.19. The predicted octanol–water partition coefficient (Wildman–Crippen LogP) is 4.34. The van der Waals surface area contributed by atoms with Crippen molar-refractivity contribution in [1.29, 1.82) is 0 Å². The van der Waals surface area contributed by atoms with Crippen molar-refractivity contribution in [3.8, 4) is 0 Å². The fourth-order valence-corrected chi connectivity index (χ4v) is 4.50. The van der Waals surface area contributed by atoms with Gasteiger partial charge in [-0.15, -0.1) is 0 Å². The van der Waals surface area contributed by atoms with E-state index in [-0.39, 0.29) is 18.0 Å². The number of hydrogen-bond donors (Lipinski definition) is 0. The topological polar surface area (TPSA) is 55.7 Å². The Morgan fingerprint density at radius 1 is 0.828 bits per heavy atom. The molecule has 0 aliphatic heterocycles. The molecule has 0 amide bonds. The highest BCUT2D eigenvalue weighted by atomic mass is 32.2. The molecule has 5 heteroatoms. The first-order valence-electron chi connectivity index (χ1n) is 9.72. The van der Waals surface area contributed by atoms with Gasteiger partial charge in [-0.05, 0) is 43.0 Å². The van der Waals surface area contributed by atoms with Crippen molar-refractivity contribution in [3.63, 3.8) is 0 Å². The molecular formula is C24H23NO3S. The molecular weight excluding hydrogens is 382 g/mol. The van der Waals surface area contributed by atoms with E-state index in [1.54, 1.807) is 24.3 Å². The maximum Gasteiger partial charge on any atom is 0.297 e. The lowest BCUT2D eigenvalue weighted by Gasteiger charge is -2.11. The lowest BCUT2D eigenvalue weighted by Crippen LogP contribution is -2.12. The molecule has 29 heavy (non-hydrogen) atoms. The summed E-state index contributed by atoms with van der Waals surface area (Å²) < 4.78 is 30.0. The van der Waals surface area contributed by atoms with E-state index in [0.29, 0.717) is 0 Å². The van der Waals surface area contributed by atoms with Gasteiger partial charge in [0.2, 0.25) is 0 Å². The Bertz CT molecular complexity index is 1100. The molecule has 0 bridgehead atoms. The summed E-state index contributed by atoms with van der Waals surface area (Å²) in [6.45, 7) is 2.18. The van der Waals surface area contributed by atoms with Gasteiger partial charge in [-0.3, -0.25) is 9.18 Å². The third-order valence-electron chi connectivity index (χ3n) is 5.12. The first-order valence-corrected chi connectivity index (χ1v) is 11.1. The molecule has 0 saturated heterocycles. The van der Waals surface area contributed by atoms with Crippen molar-refractivity contribution in [3.05, 3.63) is 101 Å². The standard InChI is InChI=1S/C24H23NO3S/c1-18-10-14-21(15-11-18)29(26,27)28-17-16-25-24-22-8-4-2-6-19(22)12-13-20-7-3-5-9-23(20)24/h2-11,14-15H,12-13,16-17H2,1H3. The number of hydrogen-bond acceptors (Lipinski definition) is 4. The van der Waals surface area contributed by atoms with Gasteiger partial charge >= 0.3 is 0 Å². The molecule has 0 N–H and O–H groups in total. The summed E-state index contributed by atoms with van der Waals surface area (Å²) in [6.07, 6.45) is 1.93. The molecule has 0 spiro atoms. The van der Waals surface area contributed by atoms with Crippen molar-refractivity contribution < 1.29 is 12.6 Å². The molecule has 0 atom stereocenters. The van der Waals surface area contributed by atoms with Gasteiger partial charge in [0.05, 0.1) is 23.8 Å². The number of nitrogens with zero attached hydrogens (tertiary/aromatic N) is 1. The molecule has 0 aromatic heterocycles. The second kappa shape index (κ2) is 8.31. The quantitative estimate of drug-likeness (QED) is 0.469. The van der Waals surface area contributed by atoms with Crippen LogP contribution in [0.3, 0.4) is 0 Å². The SMILES string of the molecule is Cc1ccc(S(=O)(=O)OCCN=C2c3ccccc3CCc3ccccc32)cc1. The van der Waals surface area contributed by atoms with E-state index >= 15 is 0 Å². The molecule has 3 aromatic carbocycles. The van der Waals surface area contributed by atoms with Crippen LogP contribution in [-0.4, -0.2) is 27.3 Å². The fourth-order valence-electron chi connectivity index (χ4n) is 3.60. The van der Waals surface area contributed by atoms with Crippen molar-refractivity contribution in [2.24, 2.45) is 4.99 Å². The van der Waals surface area contributed by atoms with Gasteiger partial charge in [-0.2, -0.15) is 8.42 Å². The summed E-state index contributed by atoms with van der Waals surface area (Å²) in [5.41, 5.74) is 6.65. The van der Waals surface area contributed by atoms with Gasteiger partial charge in [-0.1, -0.05) is 66.2 Å². The van der Waals surface area contributed by atoms with Crippen LogP contribution in [0, 0.1) is 6.92 Å². The fraction of sp³-hybridized carbons (Fsp3) is 0.208. The molecule has 4 rings (SSSR count). The largest absolute Gasteiger partial charge is 0.297 e. The van der Waals surface area contributed by atoms with Crippen LogP contribution < -0.4 is 0 Å². The first-order chi connectivity index (χ1) is 14.0. The predicted molar refractivity (Wildman–Crippen MR) is 115 cm³/mol. The minimum atomic E-state index is -3.78. The van der Waals surface area contributed by atoms with Gasteiger partial charge in [0, 0.05) is 11.1 Å². The average molecular weight is 406 g/mol. The molecule has 0 unspecified atom stereocenters. The molecule has 0 heterocycles. The van der Waals surface area contributed by atoms with Crippen LogP contribution in [0.5, 0.6) is 0 Å². The Morgan fingerprint density at radius 2 is 1.38 bits per heavy atom. The lowest BCUT2D eigenvalue weighted by molar-refractivity contribution is 0.328. The molecule has 1 aliphatic rings. The van der Waals surface area contributed by atoms with Gasteiger partial charge in [-0.25, -0.2) is 0 Å². The van der Waals surface area contributed by atoms with Crippen molar-refractivity contribution in [2.75, 3.05) is 13.2 Å². The van der Waals surface area contributed by atoms with Gasteiger partial charge in [0.15, 0.2) is 0 Å². The number of rotatable bonds is 5. The molecule has 0 saturated carbocycles. The zero-order chi connectivity index (χ0) is 20.3. The van der Waals surface area contributed by atoms with Crippen molar-refractivity contribution in [1.82, 2.24) is 0 Å². The number of aryl methyl sites for hydroxylation is 3. The van der Waals surface area contributed by atoms with Crippen LogP contribution in [0.1, 0.15) is 27.8 Å². The molecule has 148 valence electrons. The minimum absolute atomic E-state index is 0.00401. The lowest BCUT2D eigenvalue weighted by atomic mass is 9.98. The molecule has 1 aliphatic carbocycles. The van der Waals surface area contributed by atoms with E-state index in [1.807, 2.05) is 31.2 Å². The summed E-state index contributed by atoms with van der Waals surface area (Å²) in [4.78, 5) is 4.93. The van der Waals surface area contributed by atoms with Gasteiger partial charge in [0.1, 0.15) is 0 Å². The summed E-state index contributed by atoms with van der Waals surface area (Å²) in [6, 6.07) is 23.2. The summed E-state index contributed by atoms with van der Waals surface area (Å²) >= 11 is 0. The smallest absolute Gasteiger partial charge is 0.282 e. The van der Waals surface area contributed by atoms with Crippen molar-refractivity contribution >= 4 is 15.8 Å². The highest BCUT2D eigenvalue weighted by molar-refractivity contribution is 7.86. The Hall–Kier alpha value is -2.76. The third kappa shape index (κ3) is 4.31. The number of fused-ring (bicyclic) bond motifs is 2. The summed E-state index contributed by atoms with van der Waals surface area (Å²) in [7, 11) is -3.78. The Morgan fingerprint density at radius 3 is 1.97 bits per heavy atom. The van der Waals surface area contributed by atoms with Crippen LogP contribution in [0.25, 0.3) is 0 Å². The Balaban J connectivity index is 1.56. The summed E-state index contributed by atoms with van der Waals surface area (Å²) in [5, 5.41) is 0. The third-order valence-corrected chi connectivity index (χ3v) is 6.44. The number of benzene rings is 3. The van der Waals surface area contributed by atoms with Gasteiger partial charge < -0.3 is 0 Å². The minimum Gasteiger partial charge on any atom is -0.282 e. The average Bonchev–Trinajstić information content (AvgIpc) is 2.89. The van der Waals surface area contributed by atoms with Crippen LogP contribution >= 0.6 is 0 Å². The van der Waals surface area contributed by atoms with Crippen LogP contribution in [0.4, 0.5) is 0 Å². The summed E-state index contributed by atoms with van der Waals surface area (Å²) in [5.74, 6) is 0. The van der Waals surface area contributed by atoms with Gasteiger partial charge in [0.25, 0.3) is 10.1 Å². The maximum atomic E-state index is 12.4. The normalized spacial score (nSPS) is 13.3. The van der Waals surface area contributed by atoms with E-state index in [9.17, 15) is 8.42 Å². The zero-order valence-electron chi connectivity index (χ0n) is 16.3. The van der Waals surface area contributed by atoms with Crippen LogP contribution in [0.15, 0.2) is 82.7 Å². The van der Waals surface area contributed by atoms with Crippen LogP contribution in [-0.2, 0) is 27.1 Å². The van der Waals surface area contributed by atoms with E-state index in [4.69, 9.17) is 9.18 Å². The van der Waals surface area contributed by atoms with E-state index in [1.165, 1.54) is 11.1 Å². The first kappa shape index (κ1) is 19.6. The van der Waals surface area contributed by atoms with Crippen molar-refractivity contribution in [2.45, 2.75) is 24.7 Å². The van der Waals surface area contributed by atoms with E-state index in [0.717, 1.165) is 35.2 Å². The molecule has 0 radical (unpaired) electrons. The van der Waals surface area contributed by atoms with E-state index < -0.39 is 10.1 Å². The molecule has 4 nitrogen and oxygen atoms in total. The highest BCUT2D eigenvalue weighted by Crippen LogP contribution is 2.25. The zero-order valence-corrected chi connectivity index (χ0v) is 17.2. The molecule has 0 fully saturated rings. The second-order valence-corrected chi connectivity index (χ2v) is 8.75. The van der Waals surface area contributed by atoms with Crippen LogP contribution in [0.2, 0.25) is 0 Å². The molecule has 3 aromatic rings. The Labute approximate surface area is 172 Å². The maximum absolute atomic E-state index is 12.4. The monoisotopic (exact) mass is 405 g/mol. The second-order valence-electron chi connectivity index (χ2n) is 7.13. The Kier molecular flexibility index (Phi) is 5.60. The number of aliphatic imine (C=N–C) groups is 1.